The van der Waals surface area contributed by atoms with Crippen LogP contribution in [0.1, 0.15) is 38.2 Å². The van der Waals surface area contributed by atoms with Gasteiger partial charge in [0.2, 0.25) is 0 Å². The fourth-order valence-corrected chi connectivity index (χ4v) is 5.13. The van der Waals surface area contributed by atoms with Crippen molar-refractivity contribution >= 4 is 36.7 Å². The highest BCUT2D eigenvalue weighted by atomic mass is 32.2. The molecule has 194 valence electrons. The third kappa shape index (κ3) is 6.28. The summed E-state index contributed by atoms with van der Waals surface area (Å²) in [6.45, 7) is 3.76. The molecule has 0 saturated carbocycles. The Morgan fingerprint density at radius 2 is 1.72 bits per heavy atom. The van der Waals surface area contributed by atoms with Crippen molar-refractivity contribution in [2.24, 2.45) is 0 Å². The van der Waals surface area contributed by atoms with Gasteiger partial charge in [0.25, 0.3) is 10.1 Å². The zero-order chi connectivity index (χ0) is 26.7. The summed E-state index contributed by atoms with van der Waals surface area (Å²) >= 11 is 0. The molecule has 0 bridgehead atoms. The van der Waals surface area contributed by atoms with Crippen LogP contribution in [-0.4, -0.2) is 38.7 Å². The van der Waals surface area contributed by atoms with Gasteiger partial charge < -0.3 is 8.92 Å². The molecule has 0 aromatic heterocycles. The van der Waals surface area contributed by atoms with Crippen LogP contribution in [0.3, 0.4) is 0 Å². The number of halogens is 1. The van der Waals surface area contributed by atoms with Gasteiger partial charge in [0, 0.05) is 17.5 Å². The Morgan fingerprint density at radius 1 is 1.06 bits per heavy atom. The Morgan fingerprint density at radius 3 is 2.33 bits per heavy atom. The molecule has 13 heteroatoms. The third-order valence-electron chi connectivity index (χ3n) is 5.56. The summed E-state index contributed by atoms with van der Waals surface area (Å²) in [6.07, 6.45) is 0.743. The maximum absolute atomic E-state index is 14.0. The maximum atomic E-state index is 14.0. The van der Waals surface area contributed by atoms with Gasteiger partial charge in [-0.2, -0.15) is 16.8 Å². The molecule has 1 unspecified atom stereocenters. The fraction of sp³-hybridized carbons (Fsp3) is 0.304. The van der Waals surface area contributed by atoms with Crippen molar-refractivity contribution in [2.45, 2.75) is 37.5 Å². The van der Waals surface area contributed by atoms with E-state index in [-0.39, 0.29) is 24.7 Å². The summed E-state index contributed by atoms with van der Waals surface area (Å²) in [5.74, 6) is -2.15. The van der Waals surface area contributed by atoms with Gasteiger partial charge in [-0.15, -0.1) is 0 Å². The number of hydrogen-bond acceptors (Lipinski definition) is 8. The highest BCUT2D eigenvalue weighted by molar-refractivity contribution is 7.87. The molecule has 36 heavy (non-hydrogen) atoms. The van der Waals surface area contributed by atoms with Gasteiger partial charge >= 0.3 is 15.8 Å². The first-order valence-corrected chi connectivity index (χ1v) is 13.9. The zero-order valence-corrected chi connectivity index (χ0v) is 21.0. The average Bonchev–Trinajstić information content (AvgIpc) is 2.80. The summed E-state index contributed by atoms with van der Waals surface area (Å²) < 4.78 is 81.0. The van der Waals surface area contributed by atoms with Crippen LogP contribution in [0.4, 0.5) is 10.1 Å². The molecule has 0 saturated heterocycles. The lowest BCUT2D eigenvalue weighted by molar-refractivity contribution is -0.386. The summed E-state index contributed by atoms with van der Waals surface area (Å²) in [5, 5.41) is 12.7. The molecule has 0 amide bonds. The van der Waals surface area contributed by atoms with Crippen LogP contribution in [0.25, 0.3) is 10.8 Å². The number of hydrogen-bond donors (Lipinski definition) is 1. The number of nitro benzene ring substituents is 1. The quantitative estimate of drug-likeness (QED) is 0.118. The average molecular weight is 542 g/mol. The Labute approximate surface area is 207 Å². The summed E-state index contributed by atoms with van der Waals surface area (Å²) in [7, 11) is -9.12. The van der Waals surface area contributed by atoms with E-state index in [1.54, 1.807) is 18.2 Å². The van der Waals surface area contributed by atoms with Gasteiger partial charge in [-0.05, 0) is 35.8 Å². The van der Waals surface area contributed by atoms with E-state index in [0.29, 0.717) is 17.5 Å². The molecule has 0 aliphatic rings. The SMILES string of the molecule is CCC(C)c1ccc(OS(=O)(=O)CCCOc2cc(F)c(S(=O)(=O)O)cc2[N+](=O)[O-])c2ccccc12. The van der Waals surface area contributed by atoms with Gasteiger partial charge in [-0.3, -0.25) is 14.7 Å². The van der Waals surface area contributed by atoms with Crippen molar-refractivity contribution in [1.82, 2.24) is 0 Å². The number of benzene rings is 3. The first-order valence-electron chi connectivity index (χ1n) is 10.9. The first-order chi connectivity index (χ1) is 16.8. The summed E-state index contributed by atoms with van der Waals surface area (Å²) in [6, 6.07) is 11.5. The first kappa shape index (κ1) is 27.3. The van der Waals surface area contributed by atoms with Crippen LogP contribution in [0.2, 0.25) is 0 Å². The lowest BCUT2D eigenvalue weighted by Crippen LogP contribution is -2.16. The second kappa shape index (κ2) is 10.8. The van der Waals surface area contributed by atoms with E-state index in [0.717, 1.165) is 17.4 Å². The third-order valence-corrected chi connectivity index (χ3v) is 7.65. The molecule has 10 nitrogen and oxygen atoms in total. The van der Waals surface area contributed by atoms with Crippen molar-refractivity contribution in [2.75, 3.05) is 12.4 Å². The minimum atomic E-state index is -5.04. The molecule has 0 spiro atoms. The summed E-state index contributed by atoms with van der Waals surface area (Å²) in [5.41, 5.74) is 0.163. The second-order valence-electron chi connectivity index (χ2n) is 8.04. The maximum Gasteiger partial charge on any atom is 0.312 e. The minimum absolute atomic E-state index is 0.163. The Balaban J connectivity index is 1.72. The largest absolute Gasteiger partial charge is 0.487 e. The van der Waals surface area contributed by atoms with E-state index >= 15 is 0 Å². The van der Waals surface area contributed by atoms with E-state index in [9.17, 15) is 31.3 Å². The Bertz CT molecular complexity index is 1510. The molecule has 0 heterocycles. The molecule has 3 rings (SSSR count). The smallest absolute Gasteiger partial charge is 0.312 e. The highest BCUT2D eigenvalue weighted by Gasteiger charge is 2.26. The van der Waals surface area contributed by atoms with Crippen LogP contribution in [-0.2, 0) is 20.2 Å². The van der Waals surface area contributed by atoms with Crippen molar-refractivity contribution in [3.63, 3.8) is 0 Å². The fourth-order valence-electron chi connectivity index (χ4n) is 3.59. The Kier molecular flexibility index (Phi) is 8.16. The predicted molar refractivity (Wildman–Crippen MR) is 130 cm³/mol. The zero-order valence-electron chi connectivity index (χ0n) is 19.4. The minimum Gasteiger partial charge on any atom is -0.487 e. The van der Waals surface area contributed by atoms with Crippen LogP contribution in [0, 0.1) is 15.9 Å². The molecule has 1 atom stereocenters. The lowest BCUT2D eigenvalue weighted by Gasteiger charge is -2.16. The van der Waals surface area contributed by atoms with Crippen molar-refractivity contribution < 1.29 is 39.6 Å². The van der Waals surface area contributed by atoms with Gasteiger partial charge in [0.1, 0.15) is 16.5 Å². The van der Waals surface area contributed by atoms with E-state index < -0.39 is 53.1 Å². The number of rotatable bonds is 11. The van der Waals surface area contributed by atoms with Crippen LogP contribution in [0.5, 0.6) is 11.5 Å². The van der Waals surface area contributed by atoms with Gasteiger partial charge in [0.05, 0.1) is 17.3 Å². The molecule has 0 fully saturated rings. The molecule has 0 aliphatic carbocycles. The number of nitrogens with zero attached hydrogens (tertiary/aromatic N) is 1. The van der Waals surface area contributed by atoms with Crippen molar-refractivity contribution in [3.05, 3.63) is 70.0 Å². The normalized spacial score (nSPS) is 12.9. The Hall–Kier alpha value is -3.29. The van der Waals surface area contributed by atoms with Crippen LogP contribution in [0.15, 0.2) is 53.4 Å². The molecule has 0 radical (unpaired) electrons. The summed E-state index contributed by atoms with van der Waals surface area (Å²) in [4.78, 5) is 8.92. The van der Waals surface area contributed by atoms with E-state index in [1.165, 1.54) is 0 Å². The van der Waals surface area contributed by atoms with Crippen molar-refractivity contribution in [1.29, 1.82) is 0 Å². The van der Waals surface area contributed by atoms with Gasteiger partial charge in [0.15, 0.2) is 5.75 Å². The predicted octanol–water partition coefficient (Wildman–Crippen LogP) is 4.83. The van der Waals surface area contributed by atoms with Crippen LogP contribution >= 0.6 is 0 Å². The monoisotopic (exact) mass is 541 g/mol. The van der Waals surface area contributed by atoms with E-state index in [1.807, 2.05) is 18.2 Å². The van der Waals surface area contributed by atoms with Gasteiger partial charge in [-0.25, -0.2) is 4.39 Å². The molecule has 0 aliphatic heterocycles. The second-order valence-corrected chi connectivity index (χ2v) is 11.1. The molecule has 3 aromatic rings. The molecular formula is C23H24FNO9S2. The molecule has 1 N–H and O–H groups in total. The lowest BCUT2D eigenvalue weighted by atomic mass is 9.93. The standard InChI is InChI=1S/C23H24FNO9S2/c1-3-15(2)16-9-10-21(18-8-5-4-7-17(16)18)34-35(28,29)12-6-11-33-22-13-19(24)23(36(30,31)32)14-20(22)25(26)27/h4-5,7-10,13-15H,3,6,11-12H2,1-2H3,(H,30,31,32). The van der Waals surface area contributed by atoms with Crippen LogP contribution < -0.4 is 8.92 Å². The van der Waals surface area contributed by atoms with E-state index in [2.05, 4.69) is 13.8 Å². The van der Waals surface area contributed by atoms with Crippen molar-refractivity contribution in [3.8, 4) is 11.5 Å². The van der Waals surface area contributed by atoms with Gasteiger partial charge in [-0.1, -0.05) is 44.2 Å². The van der Waals surface area contributed by atoms with E-state index in [4.69, 9.17) is 13.5 Å². The number of nitro groups is 1. The molecular weight excluding hydrogens is 517 g/mol. The number of fused-ring (bicyclic) bond motifs is 1. The number of ether oxygens (including phenoxy) is 1. The highest BCUT2D eigenvalue weighted by Crippen LogP contribution is 2.35. The topological polar surface area (TPSA) is 150 Å². The molecule has 3 aromatic carbocycles.